The summed E-state index contributed by atoms with van der Waals surface area (Å²) < 4.78 is 0. The van der Waals surface area contributed by atoms with Crippen LogP contribution in [0, 0.1) is 6.92 Å². The van der Waals surface area contributed by atoms with E-state index in [1.807, 2.05) is 0 Å². The average Bonchev–Trinajstić information content (AvgIpc) is 2.20. The van der Waals surface area contributed by atoms with Gasteiger partial charge in [-0.15, -0.1) is 17.0 Å². The van der Waals surface area contributed by atoms with Crippen molar-refractivity contribution >= 4 is 22.7 Å². The van der Waals surface area contributed by atoms with E-state index in [4.69, 9.17) is 0 Å². The molecule has 1 aromatic carbocycles. The highest BCUT2D eigenvalue weighted by Crippen LogP contribution is 2.19. The topological polar surface area (TPSA) is 3.24 Å². The van der Waals surface area contributed by atoms with Gasteiger partial charge in [0, 0.05) is 18.8 Å². The van der Waals surface area contributed by atoms with Gasteiger partial charge in [-0.1, -0.05) is 17.7 Å². The standard InChI is InChI=1S/C12H17N.BrH/c1-11-5-7-12(8-6-11)13-9-3-2-4-10-13;/h5-8H,2-4,9-10H2,1H3;1H. The van der Waals surface area contributed by atoms with Crippen molar-refractivity contribution in [1.29, 1.82) is 0 Å². The summed E-state index contributed by atoms with van der Waals surface area (Å²) in [5, 5.41) is 0. The molecule has 0 amide bonds. The summed E-state index contributed by atoms with van der Waals surface area (Å²) in [6, 6.07) is 8.87. The van der Waals surface area contributed by atoms with E-state index < -0.39 is 0 Å². The third-order valence-corrected chi connectivity index (χ3v) is 2.76. The highest BCUT2D eigenvalue weighted by atomic mass is 79.9. The number of anilines is 1. The van der Waals surface area contributed by atoms with Gasteiger partial charge in [0.15, 0.2) is 0 Å². The average molecular weight is 256 g/mol. The Labute approximate surface area is 96.9 Å². The largest absolute Gasteiger partial charge is 0.372 e. The molecule has 0 N–H and O–H groups in total. The van der Waals surface area contributed by atoms with Gasteiger partial charge >= 0.3 is 0 Å². The fraction of sp³-hybridized carbons (Fsp3) is 0.500. The molecule has 0 spiro atoms. The predicted molar refractivity (Wildman–Crippen MR) is 67.6 cm³/mol. The molecule has 2 rings (SSSR count). The molecular formula is C12H18BrN. The molecule has 1 nitrogen and oxygen atoms in total. The number of aryl methyl sites for hydroxylation is 1. The van der Waals surface area contributed by atoms with Crippen LogP contribution in [0.4, 0.5) is 5.69 Å². The molecule has 1 aliphatic rings. The van der Waals surface area contributed by atoms with Crippen molar-refractivity contribution in [3.8, 4) is 0 Å². The van der Waals surface area contributed by atoms with E-state index in [-0.39, 0.29) is 17.0 Å². The molecule has 0 saturated carbocycles. The van der Waals surface area contributed by atoms with Gasteiger partial charge in [-0.3, -0.25) is 0 Å². The molecule has 14 heavy (non-hydrogen) atoms. The van der Waals surface area contributed by atoms with Gasteiger partial charge in [0.05, 0.1) is 0 Å². The van der Waals surface area contributed by atoms with Crippen LogP contribution < -0.4 is 4.90 Å². The van der Waals surface area contributed by atoms with Crippen molar-refractivity contribution in [2.45, 2.75) is 26.2 Å². The Kier molecular flexibility index (Phi) is 4.46. The minimum Gasteiger partial charge on any atom is -0.372 e. The number of hydrogen-bond acceptors (Lipinski definition) is 1. The molecule has 2 heteroatoms. The predicted octanol–water partition coefficient (Wildman–Crippen LogP) is 3.56. The van der Waals surface area contributed by atoms with E-state index in [0.717, 1.165) is 0 Å². The van der Waals surface area contributed by atoms with Crippen LogP contribution in [0.25, 0.3) is 0 Å². The molecule has 78 valence electrons. The molecule has 0 aromatic heterocycles. The Hall–Kier alpha value is -0.500. The normalized spacial score (nSPS) is 16.2. The zero-order valence-corrected chi connectivity index (χ0v) is 10.4. The van der Waals surface area contributed by atoms with E-state index in [9.17, 15) is 0 Å². The zero-order chi connectivity index (χ0) is 9.10. The molecule has 0 aliphatic carbocycles. The summed E-state index contributed by atoms with van der Waals surface area (Å²) in [4.78, 5) is 2.49. The number of halogens is 1. The van der Waals surface area contributed by atoms with Crippen LogP contribution in [-0.2, 0) is 0 Å². The van der Waals surface area contributed by atoms with Gasteiger partial charge in [-0.2, -0.15) is 0 Å². The molecule has 1 saturated heterocycles. The van der Waals surface area contributed by atoms with Crippen LogP contribution >= 0.6 is 17.0 Å². The Morgan fingerprint density at radius 1 is 0.929 bits per heavy atom. The van der Waals surface area contributed by atoms with Crippen molar-refractivity contribution in [3.05, 3.63) is 29.8 Å². The summed E-state index contributed by atoms with van der Waals surface area (Å²) in [6.07, 6.45) is 4.12. The van der Waals surface area contributed by atoms with E-state index >= 15 is 0 Å². The van der Waals surface area contributed by atoms with Crippen LogP contribution in [0.5, 0.6) is 0 Å². The summed E-state index contributed by atoms with van der Waals surface area (Å²) in [5.74, 6) is 0. The molecule has 0 bridgehead atoms. The number of hydrogen-bond donors (Lipinski definition) is 0. The minimum absolute atomic E-state index is 0. The van der Waals surface area contributed by atoms with Gasteiger partial charge in [0.1, 0.15) is 0 Å². The summed E-state index contributed by atoms with van der Waals surface area (Å²) in [5.41, 5.74) is 2.74. The van der Waals surface area contributed by atoms with E-state index in [1.165, 1.54) is 43.6 Å². The lowest BCUT2D eigenvalue weighted by atomic mass is 10.1. The Bertz CT molecular complexity index is 262. The van der Waals surface area contributed by atoms with Crippen LogP contribution in [0.2, 0.25) is 0 Å². The highest BCUT2D eigenvalue weighted by Gasteiger charge is 2.09. The maximum atomic E-state index is 2.49. The first-order valence-electron chi connectivity index (χ1n) is 5.18. The molecule has 1 aromatic rings. The third kappa shape index (κ3) is 2.74. The van der Waals surface area contributed by atoms with Crippen molar-refractivity contribution < 1.29 is 0 Å². The lowest BCUT2D eigenvalue weighted by Gasteiger charge is -2.28. The second-order valence-electron chi connectivity index (χ2n) is 3.88. The molecule has 0 radical (unpaired) electrons. The van der Waals surface area contributed by atoms with Crippen molar-refractivity contribution in [3.63, 3.8) is 0 Å². The van der Waals surface area contributed by atoms with Crippen LogP contribution in [0.1, 0.15) is 24.8 Å². The SMILES string of the molecule is Br.Cc1ccc(N2CCCCC2)cc1. The van der Waals surface area contributed by atoms with Gasteiger partial charge in [0.2, 0.25) is 0 Å². The minimum atomic E-state index is 0. The van der Waals surface area contributed by atoms with Crippen LogP contribution in [0.15, 0.2) is 24.3 Å². The first-order valence-corrected chi connectivity index (χ1v) is 5.18. The molecule has 0 unspecified atom stereocenters. The first-order chi connectivity index (χ1) is 6.36. The summed E-state index contributed by atoms with van der Waals surface area (Å²) in [6.45, 7) is 4.62. The molecule has 1 heterocycles. The lowest BCUT2D eigenvalue weighted by molar-refractivity contribution is 0.578. The number of rotatable bonds is 1. The molecular weight excluding hydrogens is 238 g/mol. The van der Waals surface area contributed by atoms with Crippen LogP contribution in [0.3, 0.4) is 0 Å². The number of piperidine rings is 1. The van der Waals surface area contributed by atoms with Crippen molar-refractivity contribution in [1.82, 2.24) is 0 Å². The monoisotopic (exact) mass is 255 g/mol. The van der Waals surface area contributed by atoms with Crippen molar-refractivity contribution in [2.24, 2.45) is 0 Å². The Balaban J connectivity index is 0.000000980. The van der Waals surface area contributed by atoms with Gasteiger partial charge in [-0.25, -0.2) is 0 Å². The van der Waals surface area contributed by atoms with Crippen molar-refractivity contribution in [2.75, 3.05) is 18.0 Å². The van der Waals surface area contributed by atoms with E-state index in [0.29, 0.717) is 0 Å². The number of benzene rings is 1. The fourth-order valence-electron chi connectivity index (χ4n) is 1.91. The summed E-state index contributed by atoms with van der Waals surface area (Å²) >= 11 is 0. The molecule has 1 aliphatic heterocycles. The second kappa shape index (κ2) is 5.40. The lowest BCUT2D eigenvalue weighted by Crippen LogP contribution is -2.29. The zero-order valence-electron chi connectivity index (χ0n) is 8.70. The highest BCUT2D eigenvalue weighted by molar-refractivity contribution is 8.93. The molecule has 1 fully saturated rings. The second-order valence-corrected chi connectivity index (χ2v) is 3.88. The van der Waals surface area contributed by atoms with E-state index in [2.05, 4.69) is 36.1 Å². The van der Waals surface area contributed by atoms with Gasteiger partial charge in [0.25, 0.3) is 0 Å². The maximum Gasteiger partial charge on any atom is 0.0366 e. The fourth-order valence-corrected chi connectivity index (χ4v) is 1.91. The Morgan fingerprint density at radius 3 is 2.07 bits per heavy atom. The van der Waals surface area contributed by atoms with Crippen LogP contribution in [-0.4, -0.2) is 13.1 Å². The quantitative estimate of drug-likeness (QED) is 0.742. The first kappa shape index (κ1) is 11.6. The van der Waals surface area contributed by atoms with Gasteiger partial charge in [-0.05, 0) is 38.3 Å². The van der Waals surface area contributed by atoms with E-state index in [1.54, 1.807) is 0 Å². The molecule has 0 atom stereocenters. The Morgan fingerprint density at radius 2 is 1.50 bits per heavy atom. The number of nitrogens with zero attached hydrogens (tertiary/aromatic N) is 1. The van der Waals surface area contributed by atoms with Gasteiger partial charge < -0.3 is 4.90 Å². The smallest absolute Gasteiger partial charge is 0.0366 e. The summed E-state index contributed by atoms with van der Waals surface area (Å²) in [7, 11) is 0. The maximum absolute atomic E-state index is 2.49. The third-order valence-electron chi connectivity index (χ3n) is 2.76.